The van der Waals surface area contributed by atoms with Crippen molar-refractivity contribution in [3.63, 3.8) is 0 Å². The van der Waals surface area contributed by atoms with Gasteiger partial charge in [0.25, 0.3) is 10.1 Å². The van der Waals surface area contributed by atoms with E-state index in [9.17, 15) is 8.42 Å². The predicted octanol–water partition coefficient (Wildman–Crippen LogP) is 1.17. The summed E-state index contributed by atoms with van der Waals surface area (Å²) in [6.45, 7) is 5.37. The van der Waals surface area contributed by atoms with Crippen molar-refractivity contribution in [3.8, 4) is 0 Å². The Hall–Kier alpha value is -1.07. The molecule has 1 aromatic rings. The highest BCUT2D eigenvalue weighted by Gasteiger charge is 2.19. The fourth-order valence-corrected chi connectivity index (χ4v) is 3.17. The van der Waals surface area contributed by atoms with Gasteiger partial charge in [0.2, 0.25) is 0 Å². The van der Waals surface area contributed by atoms with Gasteiger partial charge in [-0.2, -0.15) is 8.42 Å². The van der Waals surface area contributed by atoms with E-state index >= 15 is 0 Å². The summed E-state index contributed by atoms with van der Waals surface area (Å²) in [5.41, 5.74) is 0.972. The Balaban J connectivity index is 1.85. The quantitative estimate of drug-likeness (QED) is 0.691. The highest BCUT2D eigenvalue weighted by atomic mass is 32.2. The lowest BCUT2D eigenvalue weighted by Gasteiger charge is -2.18. The van der Waals surface area contributed by atoms with Gasteiger partial charge in [-0.1, -0.05) is 17.7 Å². The van der Waals surface area contributed by atoms with Crippen LogP contribution < -0.4 is 0 Å². The molecule has 2 rings (SSSR count). The SMILES string of the molecule is Cc1ccc(S(=O)(=O)OCC2COCCOCCOCCOCCO2)cc1. The summed E-state index contributed by atoms with van der Waals surface area (Å²) in [7, 11) is -3.85. The summed E-state index contributed by atoms with van der Waals surface area (Å²) >= 11 is 0. The van der Waals surface area contributed by atoms with Crippen LogP contribution in [0, 0.1) is 6.92 Å². The molecule has 1 saturated heterocycles. The second kappa shape index (κ2) is 12.4. The van der Waals surface area contributed by atoms with Crippen LogP contribution in [0.4, 0.5) is 0 Å². The van der Waals surface area contributed by atoms with E-state index in [4.69, 9.17) is 27.9 Å². The molecule has 1 atom stereocenters. The van der Waals surface area contributed by atoms with E-state index in [-0.39, 0.29) is 18.1 Å². The van der Waals surface area contributed by atoms with Crippen molar-refractivity contribution in [1.82, 2.24) is 0 Å². The van der Waals surface area contributed by atoms with E-state index in [1.807, 2.05) is 6.92 Å². The molecule has 1 heterocycles. The zero-order valence-corrected chi connectivity index (χ0v) is 16.4. The van der Waals surface area contributed by atoms with E-state index in [0.717, 1.165) is 5.56 Å². The van der Waals surface area contributed by atoms with Crippen molar-refractivity contribution in [3.05, 3.63) is 29.8 Å². The third-order valence-electron chi connectivity index (χ3n) is 3.72. The molecule has 1 aliphatic rings. The van der Waals surface area contributed by atoms with Gasteiger partial charge in [-0.15, -0.1) is 0 Å². The summed E-state index contributed by atoms with van der Waals surface area (Å²) in [4.78, 5) is 0.114. The Bertz CT molecular complexity index is 601. The first-order valence-corrected chi connectivity index (χ1v) is 10.4. The number of benzene rings is 1. The zero-order chi connectivity index (χ0) is 19.4. The maximum absolute atomic E-state index is 12.3. The van der Waals surface area contributed by atoms with Crippen LogP contribution >= 0.6 is 0 Å². The molecule has 0 saturated carbocycles. The largest absolute Gasteiger partial charge is 0.377 e. The summed E-state index contributed by atoms with van der Waals surface area (Å²) in [5.74, 6) is 0. The second-order valence-corrected chi connectivity index (χ2v) is 7.57. The molecule has 0 aromatic heterocycles. The lowest BCUT2D eigenvalue weighted by molar-refractivity contribution is -0.0598. The molecule has 0 radical (unpaired) electrons. The van der Waals surface area contributed by atoms with E-state index in [0.29, 0.717) is 52.9 Å². The minimum atomic E-state index is -3.85. The van der Waals surface area contributed by atoms with Crippen LogP contribution in [0.1, 0.15) is 5.56 Å². The van der Waals surface area contributed by atoms with Gasteiger partial charge < -0.3 is 23.7 Å². The number of aryl methyl sites for hydroxylation is 1. The first kappa shape index (κ1) is 22.2. The molecule has 0 spiro atoms. The lowest BCUT2D eigenvalue weighted by Crippen LogP contribution is -2.29. The first-order chi connectivity index (χ1) is 13.1. The van der Waals surface area contributed by atoms with Crippen molar-refractivity contribution >= 4 is 10.1 Å². The molecule has 154 valence electrons. The third-order valence-corrected chi connectivity index (χ3v) is 5.02. The van der Waals surface area contributed by atoms with Gasteiger partial charge in [-0.25, -0.2) is 0 Å². The maximum Gasteiger partial charge on any atom is 0.297 e. The predicted molar refractivity (Wildman–Crippen MR) is 97.3 cm³/mol. The Morgan fingerprint density at radius 1 is 0.852 bits per heavy atom. The fourth-order valence-electron chi connectivity index (χ4n) is 2.23. The molecule has 0 bridgehead atoms. The molecule has 1 aliphatic heterocycles. The number of rotatable bonds is 4. The van der Waals surface area contributed by atoms with Crippen LogP contribution in [0.5, 0.6) is 0 Å². The summed E-state index contributed by atoms with van der Waals surface area (Å²) in [6.07, 6.45) is -0.532. The van der Waals surface area contributed by atoms with Gasteiger partial charge >= 0.3 is 0 Å². The van der Waals surface area contributed by atoms with Gasteiger partial charge in [0.05, 0.1) is 71.0 Å². The van der Waals surface area contributed by atoms with Gasteiger partial charge in [0.15, 0.2) is 0 Å². The summed E-state index contributed by atoms with van der Waals surface area (Å²) < 4.78 is 57.0. The Kier molecular flexibility index (Phi) is 10.2. The molecular weight excluding hydrogens is 376 g/mol. The van der Waals surface area contributed by atoms with Gasteiger partial charge in [-0.3, -0.25) is 4.18 Å². The highest BCUT2D eigenvalue weighted by molar-refractivity contribution is 7.86. The smallest absolute Gasteiger partial charge is 0.297 e. The minimum Gasteiger partial charge on any atom is -0.377 e. The molecule has 1 aromatic carbocycles. The standard InChI is InChI=1S/C18H28O8S/c1-16-2-4-18(5-3-16)27(19,20)26-15-17-14-24-11-10-22-7-6-21-8-9-23-12-13-25-17/h2-5,17H,6-15H2,1H3. The molecular formula is C18H28O8S. The molecule has 0 N–H and O–H groups in total. The summed E-state index contributed by atoms with van der Waals surface area (Å²) in [6, 6.07) is 6.49. The Labute approximate surface area is 160 Å². The average molecular weight is 404 g/mol. The van der Waals surface area contributed by atoms with Crippen molar-refractivity contribution < 1.29 is 36.3 Å². The van der Waals surface area contributed by atoms with E-state index in [1.165, 1.54) is 12.1 Å². The Morgan fingerprint density at radius 3 is 1.96 bits per heavy atom. The topological polar surface area (TPSA) is 89.5 Å². The molecule has 27 heavy (non-hydrogen) atoms. The molecule has 1 unspecified atom stereocenters. The third kappa shape index (κ3) is 9.11. The monoisotopic (exact) mass is 404 g/mol. The molecule has 0 aliphatic carbocycles. The molecule has 0 amide bonds. The van der Waals surface area contributed by atoms with Crippen LogP contribution in [0.3, 0.4) is 0 Å². The van der Waals surface area contributed by atoms with Gasteiger partial charge in [-0.05, 0) is 19.1 Å². The molecule has 1 fully saturated rings. The molecule has 8 nitrogen and oxygen atoms in total. The van der Waals surface area contributed by atoms with Crippen LogP contribution in [0.15, 0.2) is 29.2 Å². The lowest BCUT2D eigenvalue weighted by atomic mass is 10.2. The number of ether oxygens (including phenoxy) is 5. The normalized spacial score (nSPS) is 21.9. The van der Waals surface area contributed by atoms with E-state index in [2.05, 4.69) is 0 Å². The maximum atomic E-state index is 12.3. The van der Waals surface area contributed by atoms with Crippen molar-refractivity contribution in [1.29, 1.82) is 0 Å². The average Bonchev–Trinajstić information content (AvgIpc) is 2.66. The Morgan fingerprint density at radius 2 is 1.37 bits per heavy atom. The van der Waals surface area contributed by atoms with E-state index in [1.54, 1.807) is 12.1 Å². The van der Waals surface area contributed by atoms with Gasteiger partial charge in [0.1, 0.15) is 6.10 Å². The van der Waals surface area contributed by atoms with E-state index < -0.39 is 16.2 Å². The van der Waals surface area contributed by atoms with Crippen molar-refractivity contribution in [2.45, 2.75) is 17.9 Å². The zero-order valence-electron chi connectivity index (χ0n) is 15.6. The minimum absolute atomic E-state index is 0.114. The van der Waals surface area contributed by atoms with Crippen LogP contribution in [0.2, 0.25) is 0 Å². The highest BCUT2D eigenvalue weighted by Crippen LogP contribution is 2.14. The number of hydrogen-bond donors (Lipinski definition) is 0. The van der Waals surface area contributed by atoms with Crippen LogP contribution in [-0.2, 0) is 38.0 Å². The van der Waals surface area contributed by atoms with Crippen molar-refractivity contribution in [2.24, 2.45) is 0 Å². The van der Waals surface area contributed by atoms with Crippen molar-refractivity contribution in [2.75, 3.05) is 66.1 Å². The number of hydrogen-bond acceptors (Lipinski definition) is 8. The van der Waals surface area contributed by atoms with Crippen LogP contribution in [0.25, 0.3) is 0 Å². The molecule has 9 heteroatoms. The van der Waals surface area contributed by atoms with Gasteiger partial charge in [0, 0.05) is 0 Å². The second-order valence-electron chi connectivity index (χ2n) is 5.96. The first-order valence-electron chi connectivity index (χ1n) is 8.96. The fraction of sp³-hybridized carbons (Fsp3) is 0.667. The summed E-state index contributed by atoms with van der Waals surface area (Å²) in [5, 5.41) is 0. The van der Waals surface area contributed by atoms with Crippen LogP contribution in [-0.4, -0.2) is 80.6 Å².